The number of nitrogens with zero attached hydrogens (tertiary/aromatic N) is 1. The molecule has 0 atom stereocenters. The molecule has 102 valence electrons. The van der Waals surface area contributed by atoms with E-state index >= 15 is 0 Å². The minimum absolute atomic E-state index is 0.129. The van der Waals surface area contributed by atoms with Crippen LogP contribution in [0.1, 0.15) is 11.4 Å². The molecular weight excluding hydrogens is 274 g/mol. The quantitative estimate of drug-likeness (QED) is 0.769. The molecule has 20 heavy (non-hydrogen) atoms. The Labute approximate surface area is 119 Å². The lowest BCUT2D eigenvalue weighted by Crippen LogP contribution is -2.12. The van der Waals surface area contributed by atoms with Gasteiger partial charge in [-0.15, -0.1) is 11.3 Å². The van der Waals surface area contributed by atoms with E-state index in [4.69, 9.17) is 10.5 Å². The molecule has 3 aromatic rings. The van der Waals surface area contributed by atoms with Crippen molar-refractivity contribution in [1.82, 2.24) is 9.97 Å². The topological polar surface area (TPSA) is 81.0 Å². The first-order valence-corrected chi connectivity index (χ1v) is 7.03. The smallest absolute Gasteiger partial charge is 0.268 e. The summed E-state index contributed by atoms with van der Waals surface area (Å²) >= 11 is 1.38. The molecule has 2 aromatic heterocycles. The molecule has 0 radical (unpaired) electrons. The number of ether oxygens (including phenoxy) is 1. The molecule has 3 N–H and O–H groups in total. The molecule has 0 aliphatic rings. The summed E-state index contributed by atoms with van der Waals surface area (Å²) in [6.45, 7) is 0.613. The standard InChI is InChI=1S/C14H13N3O2S/c15-7-9-3-1-2-4-11(9)19-8-12-16-10-5-6-20-13(10)14(18)17-12/h1-6H,7-8,15H2,(H,16,17,18). The molecular formula is C14H13N3O2S. The van der Waals surface area contributed by atoms with E-state index in [9.17, 15) is 4.79 Å². The summed E-state index contributed by atoms with van der Waals surface area (Å²) in [4.78, 5) is 18.9. The molecule has 0 spiro atoms. The number of aromatic nitrogens is 2. The third-order valence-electron chi connectivity index (χ3n) is 2.92. The number of thiophene rings is 1. The van der Waals surface area contributed by atoms with Crippen LogP contribution in [0.2, 0.25) is 0 Å². The number of H-pyrrole nitrogens is 1. The first-order valence-electron chi connectivity index (χ1n) is 6.15. The monoisotopic (exact) mass is 287 g/mol. The third-order valence-corrected chi connectivity index (χ3v) is 3.82. The minimum atomic E-state index is -0.129. The van der Waals surface area contributed by atoms with Crippen molar-refractivity contribution in [2.24, 2.45) is 5.73 Å². The normalized spacial score (nSPS) is 10.8. The highest BCUT2D eigenvalue weighted by Crippen LogP contribution is 2.18. The predicted molar refractivity (Wildman–Crippen MR) is 78.9 cm³/mol. The van der Waals surface area contributed by atoms with Gasteiger partial charge in [0.05, 0.1) is 5.52 Å². The number of hydrogen-bond donors (Lipinski definition) is 2. The van der Waals surface area contributed by atoms with Crippen molar-refractivity contribution in [2.45, 2.75) is 13.2 Å². The van der Waals surface area contributed by atoms with Crippen LogP contribution in [0.25, 0.3) is 10.2 Å². The summed E-state index contributed by atoms with van der Waals surface area (Å²) < 4.78 is 6.32. The number of rotatable bonds is 4. The van der Waals surface area contributed by atoms with Gasteiger partial charge in [0.25, 0.3) is 5.56 Å². The Kier molecular flexibility index (Phi) is 3.49. The van der Waals surface area contributed by atoms with Crippen LogP contribution in [0.3, 0.4) is 0 Å². The average molecular weight is 287 g/mol. The van der Waals surface area contributed by atoms with Gasteiger partial charge in [0.2, 0.25) is 0 Å². The highest BCUT2D eigenvalue weighted by Gasteiger charge is 2.06. The van der Waals surface area contributed by atoms with Crippen molar-refractivity contribution in [3.63, 3.8) is 0 Å². The molecule has 0 saturated heterocycles. The maximum atomic E-state index is 11.8. The molecule has 0 bridgehead atoms. The van der Waals surface area contributed by atoms with E-state index in [-0.39, 0.29) is 12.2 Å². The summed E-state index contributed by atoms with van der Waals surface area (Å²) in [5, 5.41) is 1.85. The fraction of sp³-hybridized carbons (Fsp3) is 0.143. The van der Waals surface area contributed by atoms with E-state index < -0.39 is 0 Å². The van der Waals surface area contributed by atoms with E-state index in [1.54, 1.807) is 0 Å². The van der Waals surface area contributed by atoms with Crippen molar-refractivity contribution in [3.8, 4) is 5.75 Å². The Bertz CT molecular complexity index is 794. The van der Waals surface area contributed by atoms with Crippen LogP contribution in [0, 0.1) is 0 Å². The SMILES string of the molecule is NCc1ccccc1OCc1nc2ccsc2c(=O)[nH]1. The Balaban J connectivity index is 1.85. The van der Waals surface area contributed by atoms with Gasteiger partial charge in [-0.2, -0.15) is 0 Å². The maximum Gasteiger partial charge on any atom is 0.268 e. The van der Waals surface area contributed by atoms with Crippen LogP contribution in [-0.4, -0.2) is 9.97 Å². The fourth-order valence-electron chi connectivity index (χ4n) is 1.95. The zero-order chi connectivity index (χ0) is 13.9. The van der Waals surface area contributed by atoms with Crippen molar-refractivity contribution in [2.75, 3.05) is 0 Å². The van der Waals surface area contributed by atoms with Crippen LogP contribution in [0.5, 0.6) is 5.75 Å². The summed E-state index contributed by atoms with van der Waals surface area (Å²) in [5.74, 6) is 1.22. The van der Waals surface area contributed by atoms with Crippen molar-refractivity contribution < 1.29 is 4.74 Å². The van der Waals surface area contributed by atoms with Crippen LogP contribution in [0.4, 0.5) is 0 Å². The number of fused-ring (bicyclic) bond motifs is 1. The fourth-order valence-corrected chi connectivity index (χ4v) is 2.67. The summed E-state index contributed by atoms with van der Waals surface area (Å²) in [6, 6.07) is 9.38. The Morgan fingerprint density at radius 3 is 3.00 bits per heavy atom. The summed E-state index contributed by atoms with van der Waals surface area (Å²) in [7, 11) is 0. The lowest BCUT2D eigenvalue weighted by molar-refractivity contribution is 0.293. The van der Waals surface area contributed by atoms with E-state index in [1.165, 1.54) is 11.3 Å². The number of nitrogens with two attached hydrogens (primary N) is 1. The van der Waals surface area contributed by atoms with Gasteiger partial charge in [0.1, 0.15) is 22.9 Å². The van der Waals surface area contributed by atoms with Crippen LogP contribution >= 0.6 is 11.3 Å². The lowest BCUT2D eigenvalue weighted by atomic mass is 10.2. The Morgan fingerprint density at radius 2 is 2.15 bits per heavy atom. The van der Waals surface area contributed by atoms with Gasteiger partial charge in [0.15, 0.2) is 0 Å². The first-order chi connectivity index (χ1) is 9.78. The molecule has 5 nitrogen and oxygen atoms in total. The van der Waals surface area contributed by atoms with Gasteiger partial charge in [-0.25, -0.2) is 4.98 Å². The van der Waals surface area contributed by atoms with Gasteiger partial charge >= 0.3 is 0 Å². The number of aromatic amines is 1. The molecule has 0 fully saturated rings. The van der Waals surface area contributed by atoms with E-state index in [1.807, 2.05) is 35.7 Å². The van der Waals surface area contributed by atoms with E-state index in [2.05, 4.69) is 9.97 Å². The second-order valence-corrected chi connectivity index (χ2v) is 5.16. The zero-order valence-electron chi connectivity index (χ0n) is 10.6. The molecule has 0 saturated carbocycles. The molecule has 6 heteroatoms. The van der Waals surface area contributed by atoms with Gasteiger partial charge in [0, 0.05) is 12.1 Å². The van der Waals surface area contributed by atoms with Crippen molar-refractivity contribution in [1.29, 1.82) is 0 Å². The number of para-hydroxylation sites is 1. The molecule has 0 aliphatic carbocycles. The summed E-state index contributed by atoms with van der Waals surface area (Å²) in [6.07, 6.45) is 0. The third kappa shape index (κ3) is 2.43. The highest BCUT2D eigenvalue weighted by atomic mass is 32.1. The Morgan fingerprint density at radius 1 is 1.30 bits per heavy atom. The van der Waals surface area contributed by atoms with Crippen LogP contribution in [-0.2, 0) is 13.2 Å². The molecule has 0 aliphatic heterocycles. The second-order valence-electron chi connectivity index (χ2n) is 4.25. The van der Waals surface area contributed by atoms with Gasteiger partial charge in [-0.3, -0.25) is 4.79 Å². The van der Waals surface area contributed by atoms with Gasteiger partial charge in [-0.1, -0.05) is 18.2 Å². The van der Waals surface area contributed by atoms with E-state index in [0.29, 0.717) is 28.3 Å². The number of hydrogen-bond acceptors (Lipinski definition) is 5. The summed E-state index contributed by atoms with van der Waals surface area (Å²) in [5.41, 5.74) is 7.14. The number of benzene rings is 1. The van der Waals surface area contributed by atoms with Gasteiger partial charge < -0.3 is 15.5 Å². The average Bonchev–Trinajstić information content (AvgIpc) is 2.94. The zero-order valence-corrected chi connectivity index (χ0v) is 11.4. The maximum absolute atomic E-state index is 11.8. The molecule has 1 aromatic carbocycles. The highest BCUT2D eigenvalue weighted by molar-refractivity contribution is 7.17. The molecule has 3 rings (SSSR count). The van der Waals surface area contributed by atoms with Crippen molar-refractivity contribution >= 4 is 21.6 Å². The van der Waals surface area contributed by atoms with Crippen LogP contribution in [0.15, 0.2) is 40.5 Å². The van der Waals surface area contributed by atoms with E-state index in [0.717, 1.165) is 5.56 Å². The molecule has 2 heterocycles. The molecule has 0 unspecified atom stereocenters. The van der Waals surface area contributed by atoms with Crippen LogP contribution < -0.4 is 16.0 Å². The lowest BCUT2D eigenvalue weighted by Gasteiger charge is -2.09. The number of nitrogens with one attached hydrogen (secondary N) is 1. The largest absolute Gasteiger partial charge is 0.485 e. The first kappa shape index (κ1) is 12.8. The van der Waals surface area contributed by atoms with Gasteiger partial charge in [-0.05, 0) is 17.5 Å². The second kappa shape index (κ2) is 5.44. The Hall–Kier alpha value is -2.18. The predicted octanol–water partition coefficient (Wildman–Crippen LogP) is 2.02. The molecule has 0 amide bonds. The minimum Gasteiger partial charge on any atom is -0.485 e. The van der Waals surface area contributed by atoms with Crippen molar-refractivity contribution in [3.05, 3.63) is 57.5 Å².